The van der Waals surface area contributed by atoms with E-state index < -0.39 is 0 Å². The molecule has 0 amide bonds. The van der Waals surface area contributed by atoms with Gasteiger partial charge in [0.15, 0.2) is 5.78 Å². The van der Waals surface area contributed by atoms with Gasteiger partial charge in [0.2, 0.25) is 5.88 Å². The van der Waals surface area contributed by atoms with Gasteiger partial charge in [-0.25, -0.2) is 4.68 Å². The van der Waals surface area contributed by atoms with Crippen molar-refractivity contribution >= 4 is 5.78 Å². The van der Waals surface area contributed by atoms with Crippen LogP contribution in [0.3, 0.4) is 0 Å². The molecule has 0 saturated heterocycles. The molecule has 2 aromatic rings. The van der Waals surface area contributed by atoms with E-state index in [9.17, 15) is 4.79 Å². The average Bonchev–Trinajstić information content (AvgIpc) is 3.33. The zero-order valence-electron chi connectivity index (χ0n) is 18.4. The molecule has 1 unspecified atom stereocenters. The molecule has 1 aromatic carbocycles. The summed E-state index contributed by atoms with van der Waals surface area (Å²) in [4.78, 5) is 13.6. The topological polar surface area (TPSA) is 44.1 Å². The minimum Gasteiger partial charge on any atom is -0.477 e. The van der Waals surface area contributed by atoms with Crippen LogP contribution in [-0.4, -0.2) is 22.2 Å². The van der Waals surface area contributed by atoms with Crippen molar-refractivity contribution in [3.05, 3.63) is 45.6 Å². The lowest BCUT2D eigenvalue weighted by molar-refractivity contribution is 0.103. The molecule has 1 aromatic heterocycles. The number of carbonyl (C=O) groups excluding carboxylic acids is 1. The molecule has 2 aliphatic rings. The van der Waals surface area contributed by atoms with Crippen molar-refractivity contribution in [3.63, 3.8) is 0 Å². The van der Waals surface area contributed by atoms with E-state index >= 15 is 0 Å². The van der Waals surface area contributed by atoms with Gasteiger partial charge in [-0.15, -0.1) is 0 Å². The number of fused-ring (bicyclic) bond motifs is 1. The number of rotatable bonds is 6. The summed E-state index contributed by atoms with van der Waals surface area (Å²) in [5, 5.41) is 4.46. The lowest BCUT2D eigenvalue weighted by atomic mass is 9.88. The normalized spacial score (nSPS) is 19.4. The summed E-state index contributed by atoms with van der Waals surface area (Å²) in [6.07, 6.45) is 10.4. The molecule has 1 fully saturated rings. The predicted octanol–water partition coefficient (Wildman–Crippen LogP) is 5.76. The molecular formula is C25H34N2O2. The molecule has 0 spiro atoms. The Labute approximate surface area is 174 Å². The van der Waals surface area contributed by atoms with Gasteiger partial charge in [0.25, 0.3) is 0 Å². The number of aryl methyl sites for hydroxylation is 2. The average molecular weight is 395 g/mol. The van der Waals surface area contributed by atoms with Gasteiger partial charge in [0, 0.05) is 12.1 Å². The van der Waals surface area contributed by atoms with Crippen LogP contribution in [0.5, 0.6) is 5.88 Å². The fraction of sp³-hybridized carbons (Fsp3) is 0.600. The van der Waals surface area contributed by atoms with Crippen LogP contribution in [0, 0.1) is 19.8 Å². The fourth-order valence-corrected chi connectivity index (χ4v) is 5.34. The maximum absolute atomic E-state index is 13.6. The first-order valence-electron chi connectivity index (χ1n) is 11.4. The summed E-state index contributed by atoms with van der Waals surface area (Å²) in [7, 11) is 0. The Morgan fingerprint density at radius 1 is 1.17 bits per heavy atom. The number of hydrogen-bond donors (Lipinski definition) is 0. The highest BCUT2D eigenvalue weighted by atomic mass is 16.5. The van der Waals surface area contributed by atoms with Crippen LogP contribution < -0.4 is 4.74 Å². The summed E-state index contributed by atoms with van der Waals surface area (Å²) in [6, 6.07) is 2.09. The summed E-state index contributed by atoms with van der Waals surface area (Å²) in [5.74, 6) is 1.81. The highest BCUT2D eigenvalue weighted by Crippen LogP contribution is 2.39. The number of benzene rings is 1. The quantitative estimate of drug-likeness (QED) is 0.585. The number of hydrogen-bond acceptors (Lipinski definition) is 3. The summed E-state index contributed by atoms with van der Waals surface area (Å²) < 4.78 is 8.07. The van der Waals surface area contributed by atoms with Crippen molar-refractivity contribution in [1.29, 1.82) is 0 Å². The third kappa shape index (κ3) is 3.74. The summed E-state index contributed by atoms with van der Waals surface area (Å²) >= 11 is 0. The van der Waals surface area contributed by atoms with Gasteiger partial charge in [-0.3, -0.25) is 4.79 Å². The number of ether oxygens (including phenoxy) is 1. The second kappa shape index (κ2) is 8.33. The lowest BCUT2D eigenvalue weighted by Crippen LogP contribution is -2.18. The Morgan fingerprint density at radius 2 is 1.93 bits per heavy atom. The van der Waals surface area contributed by atoms with Crippen molar-refractivity contribution < 1.29 is 9.53 Å². The Kier molecular flexibility index (Phi) is 5.80. The zero-order valence-corrected chi connectivity index (χ0v) is 18.4. The Balaban J connectivity index is 1.65. The first kappa shape index (κ1) is 20.2. The fourth-order valence-electron chi connectivity index (χ4n) is 5.34. The summed E-state index contributed by atoms with van der Waals surface area (Å²) in [6.45, 7) is 9.96. The molecule has 1 heterocycles. The SMILES string of the molecule is CCn1ncc(C(=O)c2cc(C)c3c(c2C)C(C)CC3)c1OCC1CCCCC1. The zero-order chi connectivity index (χ0) is 20.5. The molecular weight excluding hydrogens is 360 g/mol. The van der Waals surface area contributed by atoms with Crippen molar-refractivity contribution in [2.45, 2.75) is 85.1 Å². The molecule has 0 N–H and O–H groups in total. The molecule has 0 aliphatic heterocycles. The van der Waals surface area contributed by atoms with Crippen LogP contribution in [-0.2, 0) is 13.0 Å². The largest absolute Gasteiger partial charge is 0.477 e. The van der Waals surface area contributed by atoms with Crippen LogP contribution in [0.2, 0.25) is 0 Å². The van der Waals surface area contributed by atoms with Gasteiger partial charge >= 0.3 is 0 Å². The first-order chi connectivity index (χ1) is 14.0. The predicted molar refractivity (Wildman–Crippen MR) is 116 cm³/mol. The maximum atomic E-state index is 13.6. The Hall–Kier alpha value is -2.10. The molecule has 29 heavy (non-hydrogen) atoms. The lowest BCUT2D eigenvalue weighted by Gasteiger charge is -2.22. The van der Waals surface area contributed by atoms with Gasteiger partial charge in [-0.05, 0) is 86.6 Å². The molecule has 4 nitrogen and oxygen atoms in total. The third-order valence-electron chi connectivity index (χ3n) is 7.05. The second-order valence-corrected chi connectivity index (χ2v) is 9.02. The number of aromatic nitrogens is 2. The standard InChI is InChI=1S/C25H34N2O2/c1-5-27-25(29-15-19-9-7-6-8-10-19)22(14-26-27)24(28)21-13-17(3)20-12-11-16(2)23(20)18(21)4/h13-14,16,19H,5-12,15H2,1-4H3. The van der Waals surface area contributed by atoms with Gasteiger partial charge in [0.1, 0.15) is 5.56 Å². The molecule has 1 saturated carbocycles. The highest BCUT2D eigenvalue weighted by Gasteiger charge is 2.28. The molecule has 2 aliphatic carbocycles. The van der Waals surface area contributed by atoms with Crippen LogP contribution >= 0.6 is 0 Å². The van der Waals surface area contributed by atoms with E-state index in [1.165, 1.54) is 55.2 Å². The van der Waals surface area contributed by atoms with Crippen LogP contribution in [0.1, 0.15) is 96.5 Å². The smallest absolute Gasteiger partial charge is 0.223 e. The van der Waals surface area contributed by atoms with E-state index in [-0.39, 0.29) is 5.78 Å². The van der Waals surface area contributed by atoms with Crippen molar-refractivity contribution in [2.75, 3.05) is 6.61 Å². The van der Waals surface area contributed by atoms with Gasteiger partial charge in [0.05, 0.1) is 12.8 Å². The maximum Gasteiger partial charge on any atom is 0.223 e. The summed E-state index contributed by atoms with van der Waals surface area (Å²) in [5.41, 5.74) is 6.64. The molecule has 4 rings (SSSR count). The highest BCUT2D eigenvalue weighted by molar-refractivity contribution is 6.11. The number of ketones is 1. The third-order valence-corrected chi connectivity index (χ3v) is 7.05. The number of nitrogens with zero attached hydrogens (tertiary/aromatic N) is 2. The van der Waals surface area contributed by atoms with Gasteiger partial charge in [-0.2, -0.15) is 5.10 Å². The van der Waals surface area contributed by atoms with Gasteiger partial charge < -0.3 is 4.74 Å². The number of carbonyl (C=O) groups is 1. The van der Waals surface area contributed by atoms with Crippen LogP contribution in [0.4, 0.5) is 0 Å². The second-order valence-electron chi connectivity index (χ2n) is 9.02. The van der Waals surface area contributed by atoms with E-state index in [1.807, 2.05) is 11.6 Å². The molecule has 0 radical (unpaired) electrons. The van der Waals surface area contributed by atoms with E-state index in [0.29, 0.717) is 36.4 Å². The van der Waals surface area contributed by atoms with Crippen molar-refractivity contribution in [2.24, 2.45) is 5.92 Å². The van der Waals surface area contributed by atoms with E-state index in [1.54, 1.807) is 6.20 Å². The monoisotopic (exact) mass is 394 g/mol. The Bertz CT molecular complexity index is 906. The molecule has 156 valence electrons. The minimum absolute atomic E-state index is 0.0471. The minimum atomic E-state index is 0.0471. The van der Waals surface area contributed by atoms with E-state index in [0.717, 1.165) is 17.5 Å². The van der Waals surface area contributed by atoms with E-state index in [4.69, 9.17) is 4.74 Å². The molecule has 0 bridgehead atoms. The first-order valence-corrected chi connectivity index (χ1v) is 11.4. The van der Waals surface area contributed by atoms with Crippen molar-refractivity contribution in [3.8, 4) is 5.88 Å². The van der Waals surface area contributed by atoms with Gasteiger partial charge in [-0.1, -0.05) is 26.2 Å². The Morgan fingerprint density at radius 3 is 2.66 bits per heavy atom. The van der Waals surface area contributed by atoms with Crippen LogP contribution in [0.25, 0.3) is 0 Å². The van der Waals surface area contributed by atoms with Crippen molar-refractivity contribution in [1.82, 2.24) is 9.78 Å². The van der Waals surface area contributed by atoms with E-state index in [2.05, 4.69) is 31.9 Å². The molecule has 1 atom stereocenters. The molecule has 4 heteroatoms. The van der Waals surface area contributed by atoms with Crippen LogP contribution in [0.15, 0.2) is 12.3 Å².